The molecule has 4 rings (SSSR count). The molecule has 0 aliphatic heterocycles. The quantitative estimate of drug-likeness (QED) is 0.161. The van der Waals surface area contributed by atoms with E-state index in [4.69, 9.17) is 9.47 Å². The zero-order valence-electron chi connectivity index (χ0n) is 26.2. The largest absolute Gasteiger partial charge is 0.465 e. The van der Waals surface area contributed by atoms with Gasteiger partial charge in [-0.1, -0.05) is 36.4 Å². The van der Waals surface area contributed by atoms with Crippen LogP contribution in [-0.2, 0) is 15.9 Å². The highest BCUT2D eigenvalue weighted by molar-refractivity contribution is 5.97. The number of amides is 1. The average molecular weight is 596 g/mol. The molecule has 1 aromatic heterocycles. The van der Waals surface area contributed by atoms with Crippen molar-refractivity contribution in [2.45, 2.75) is 58.7 Å². The Morgan fingerprint density at radius 1 is 1.00 bits per heavy atom. The fourth-order valence-electron chi connectivity index (χ4n) is 5.22. The number of aromatic amines is 1. The van der Waals surface area contributed by atoms with Crippen LogP contribution in [0.3, 0.4) is 0 Å². The van der Waals surface area contributed by atoms with Crippen molar-refractivity contribution in [3.8, 4) is 17.2 Å². The Hall–Kier alpha value is -4.97. The molecule has 0 radical (unpaired) electrons. The number of nitrogens with one attached hydrogen (secondary N) is 3. The molecule has 0 saturated carbocycles. The average Bonchev–Trinajstić information content (AvgIpc) is 3.42. The molecule has 9 heteroatoms. The number of benzene rings is 3. The molecule has 1 heterocycles. The van der Waals surface area contributed by atoms with Crippen molar-refractivity contribution >= 4 is 34.3 Å². The summed E-state index contributed by atoms with van der Waals surface area (Å²) in [4.78, 5) is 31.4. The molecule has 4 aromatic rings. The van der Waals surface area contributed by atoms with Crippen LogP contribution in [0.4, 0.5) is 16.2 Å². The van der Waals surface area contributed by atoms with Gasteiger partial charge in [-0.15, -0.1) is 0 Å². The molecule has 44 heavy (non-hydrogen) atoms. The number of fused-ring (bicyclic) bond motifs is 1. The van der Waals surface area contributed by atoms with Crippen LogP contribution in [0, 0.1) is 11.3 Å². The molecule has 230 valence electrons. The molecule has 0 spiro atoms. The van der Waals surface area contributed by atoms with Crippen molar-refractivity contribution in [2.75, 3.05) is 30.4 Å². The van der Waals surface area contributed by atoms with E-state index in [9.17, 15) is 14.9 Å². The Morgan fingerprint density at radius 2 is 1.68 bits per heavy atom. The van der Waals surface area contributed by atoms with Crippen LogP contribution in [0.25, 0.3) is 22.0 Å². The molecule has 9 nitrogen and oxygen atoms in total. The van der Waals surface area contributed by atoms with Gasteiger partial charge in [0.1, 0.15) is 11.6 Å². The summed E-state index contributed by atoms with van der Waals surface area (Å²) >= 11 is 0. The molecule has 1 amide bonds. The van der Waals surface area contributed by atoms with Crippen LogP contribution in [0.5, 0.6) is 0 Å². The van der Waals surface area contributed by atoms with Crippen LogP contribution in [0.1, 0.15) is 50.5 Å². The number of hydrogen-bond acceptors (Lipinski definition) is 7. The Bertz CT molecular complexity index is 1630. The minimum atomic E-state index is -0.918. The minimum Gasteiger partial charge on any atom is -0.465 e. The number of rotatable bonds is 11. The van der Waals surface area contributed by atoms with Gasteiger partial charge in [-0.05, 0) is 88.1 Å². The number of para-hydroxylation sites is 1. The first-order valence-corrected chi connectivity index (χ1v) is 14.8. The molecule has 2 atom stereocenters. The zero-order chi connectivity index (χ0) is 31.9. The van der Waals surface area contributed by atoms with E-state index in [-0.39, 0.29) is 5.56 Å². The Labute approximate surface area is 259 Å². The van der Waals surface area contributed by atoms with Crippen molar-refractivity contribution in [1.29, 1.82) is 5.26 Å². The second-order valence-corrected chi connectivity index (χ2v) is 11.5. The summed E-state index contributed by atoms with van der Waals surface area (Å²) in [5, 5.41) is 17.4. The predicted octanol–water partition coefficient (Wildman–Crippen LogP) is 6.91. The highest BCUT2D eigenvalue weighted by Crippen LogP contribution is 2.29. The first-order chi connectivity index (χ1) is 21.1. The van der Waals surface area contributed by atoms with Gasteiger partial charge in [-0.3, -0.25) is 0 Å². The van der Waals surface area contributed by atoms with Crippen LogP contribution < -0.4 is 15.5 Å². The molecule has 1 unspecified atom stereocenters. The molecule has 3 aromatic carbocycles. The number of carbonyl (C=O) groups is 2. The van der Waals surface area contributed by atoms with Gasteiger partial charge in [-0.25, -0.2) is 9.59 Å². The molecular weight excluding hydrogens is 554 g/mol. The van der Waals surface area contributed by atoms with Gasteiger partial charge in [0.2, 0.25) is 0 Å². The number of alkyl carbamates (subject to hydrolysis) is 1. The van der Waals surface area contributed by atoms with E-state index < -0.39 is 29.7 Å². The fraction of sp³-hybridized carbons (Fsp3) is 0.343. The van der Waals surface area contributed by atoms with Crippen molar-refractivity contribution in [2.24, 2.45) is 0 Å². The number of hydrogen-bond donors (Lipinski definition) is 3. The first kappa shape index (κ1) is 32.0. The summed E-state index contributed by atoms with van der Waals surface area (Å²) in [6, 6.07) is 22.1. The van der Waals surface area contributed by atoms with E-state index in [1.807, 2.05) is 48.7 Å². The fourth-order valence-corrected chi connectivity index (χ4v) is 5.22. The molecule has 0 bridgehead atoms. The van der Waals surface area contributed by atoms with E-state index in [0.29, 0.717) is 12.1 Å². The van der Waals surface area contributed by atoms with Gasteiger partial charge in [0, 0.05) is 41.6 Å². The van der Waals surface area contributed by atoms with Crippen molar-refractivity contribution in [3.63, 3.8) is 0 Å². The van der Waals surface area contributed by atoms with E-state index in [0.717, 1.165) is 46.4 Å². The number of aromatic nitrogens is 1. The van der Waals surface area contributed by atoms with E-state index in [2.05, 4.69) is 52.6 Å². The smallest absolute Gasteiger partial charge is 0.407 e. The van der Waals surface area contributed by atoms with Gasteiger partial charge < -0.3 is 30.0 Å². The standard InChI is InChI=1S/C35H41N5O4/c1-7-40(8-2)26-16-13-23(14-17-26)24-15-18-30(28(19-24)33(41)43-6)38-32(21-36)31(39-34(42)44-35(3,4)5)20-25-22-37-29-12-10-9-11-27(25)29/h9-19,22,31-32,37-38H,7-8,20H2,1-6H3,(H,39,42)/t31-,32?/m0/s1. The van der Waals surface area contributed by atoms with Gasteiger partial charge in [0.15, 0.2) is 0 Å². The summed E-state index contributed by atoms with van der Waals surface area (Å²) in [6.07, 6.45) is 1.57. The van der Waals surface area contributed by atoms with Crippen molar-refractivity contribution in [1.82, 2.24) is 10.3 Å². The minimum absolute atomic E-state index is 0.279. The maximum absolute atomic E-state index is 13.0. The second kappa shape index (κ2) is 14.0. The maximum atomic E-state index is 13.0. The lowest BCUT2D eigenvalue weighted by atomic mass is 9.97. The number of ether oxygens (including phenoxy) is 2. The third-order valence-corrected chi connectivity index (χ3v) is 7.42. The zero-order valence-corrected chi connectivity index (χ0v) is 26.2. The Kier molecular flexibility index (Phi) is 10.2. The van der Waals surface area contributed by atoms with Gasteiger partial charge in [-0.2, -0.15) is 5.26 Å². The molecule has 0 fully saturated rings. The van der Waals surface area contributed by atoms with Gasteiger partial charge in [0.25, 0.3) is 0 Å². The number of carbonyl (C=O) groups excluding carboxylic acids is 2. The molecule has 0 aliphatic carbocycles. The highest BCUT2D eigenvalue weighted by Gasteiger charge is 2.28. The molecular formula is C35H41N5O4. The number of H-pyrrole nitrogens is 1. The lowest BCUT2D eigenvalue weighted by Gasteiger charge is -2.27. The Balaban J connectivity index is 1.66. The monoisotopic (exact) mass is 595 g/mol. The van der Waals surface area contributed by atoms with Crippen LogP contribution in [-0.4, -0.2) is 54.9 Å². The van der Waals surface area contributed by atoms with Crippen molar-refractivity contribution < 1.29 is 19.1 Å². The number of esters is 1. The second-order valence-electron chi connectivity index (χ2n) is 11.5. The van der Waals surface area contributed by atoms with Crippen LogP contribution >= 0.6 is 0 Å². The third kappa shape index (κ3) is 7.70. The third-order valence-electron chi connectivity index (χ3n) is 7.42. The summed E-state index contributed by atoms with van der Waals surface area (Å²) < 4.78 is 10.6. The van der Waals surface area contributed by atoms with Gasteiger partial charge >= 0.3 is 12.1 Å². The number of methoxy groups -OCH3 is 1. The number of nitrogens with zero attached hydrogens (tertiary/aromatic N) is 2. The SMILES string of the molecule is CCN(CC)c1ccc(-c2ccc(NC(C#N)[C@H](Cc3c[nH]c4ccccc34)NC(=O)OC(C)(C)C)c(C(=O)OC)c2)cc1. The van der Waals surface area contributed by atoms with Crippen molar-refractivity contribution in [3.05, 3.63) is 84.1 Å². The topological polar surface area (TPSA) is 119 Å². The van der Waals surface area contributed by atoms with E-state index in [1.54, 1.807) is 32.9 Å². The van der Waals surface area contributed by atoms with E-state index >= 15 is 0 Å². The number of nitriles is 1. The summed E-state index contributed by atoms with van der Waals surface area (Å²) in [5.41, 5.74) is 4.76. The number of anilines is 2. The summed E-state index contributed by atoms with van der Waals surface area (Å²) in [6.45, 7) is 11.4. The predicted molar refractivity (Wildman–Crippen MR) is 175 cm³/mol. The molecule has 3 N–H and O–H groups in total. The summed E-state index contributed by atoms with van der Waals surface area (Å²) in [5.74, 6) is -0.543. The normalized spacial score (nSPS) is 12.6. The van der Waals surface area contributed by atoms with Crippen LogP contribution in [0.15, 0.2) is 72.9 Å². The first-order valence-electron chi connectivity index (χ1n) is 14.8. The molecule has 0 saturated heterocycles. The summed E-state index contributed by atoms with van der Waals surface area (Å²) in [7, 11) is 1.32. The Morgan fingerprint density at radius 3 is 2.32 bits per heavy atom. The van der Waals surface area contributed by atoms with E-state index in [1.165, 1.54) is 7.11 Å². The van der Waals surface area contributed by atoms with Gasteiger partial charge in [0.05, 0.1) is 24.8 Å². The molecule has 0 aliphatic rings. The maximum Gasteiger partial charge on any atom is 0.407 e. The van der Waals surface area contributed by atoms with Crippen LogP contribution in [0.2, 0.25) is 0 Å². The lowest BCUT2D eigenvalue weighted by molar-refractivity contribution is 0.0501. The lowest BCUT2D eigenvalue weighted by Crippen LogP contribution is -2.49. The highest BCUT2D eigenvalue weighted by atomic mass is 16.6.